The molecule has 3 aromatic rings. The van der Waals surface area contributed by atoms with Gasteiger partial charge in [0.25, 0.3) is 0 Å². The molecule has 25 heavy (non-hydrogen) atoms. The van der Waals surface area contributed by atoms with Crippen molar-refractivity contribution in [2.24, 2.45) is 0 Å². The van der Waals surface area contributed by atoms with Gasteiger partial charge in [0.2, 0.25) is 11.2 Å². The SMILES string of the molecule is C#Cc1cccc(Nc2nc(Cl)nc3ccc(NC(=O)C=C)cc23)c1. The van der Waals surface area contributed by atoms with E-state index in [2.05, 4.69) is 33.1 Å². The second-order valence-electron chi connectivity index (χ2n) is 5.12. The molecule has 1 aromatic heterocycles. The molecular formula is C19H13ClN4O. The summed E-state index contributed by atoms with van der Waals surface area (Å²) >= 11 is 6.02. The van der Waals surface area contributed by atoms with Gasteiger partial charge in [-0.05, 0) is 54.1 Å². The Morgan fingerprint density at radius 2 is 2.04 bits per heavy atom. The Balaban J connectivity index is 2.05. The first-order valence-electron chi connectivity index (χ1n) is 7.33. The van der Waals surface area contributed by atoms with Gasteiger partial charge in [0, 0.05) is 22.3 Å². The summed E-state index contributed by atoms with van der Waals surface area (Å²) in [4.78, 5) is 20.0. The second-order valence-corrected chi connectivity index (χ2v) is 5.45. The number of anilines is 3. The maximum Gasteiger partial charge on any atom is 0.247 e. The summed E-state index contributed by atoms with van der Waals surface area (Å²) in [6.07, 6.45) is 6.63. The summed E-state index contributed by atoms with van der Waals surface area (Å²) in [6.45, 7) is 3.44. The quantitative estimate of drug-likeness (QED) is 0.422. The molecule has 0 fully saturated rings. The van der Waals surface area contributed by atoms with E-state index in [1.807, 2.05) is 24.3 Å². The van der Waals surface area contributed by atoms with Crippen molar-refractivity contribution < 1.29 is 4.79 Å². The molecule has 0 saturated heterocycles. The number of halogens is 1. The monoisotopic (exact) mass is 348 g/mol. The van der Waals surface area contributed by atoms with Gasteiger partial charge in [-0.3, -0.25) is 4.79 Å². The normalized spacial score (nSPS) is 10.1. The van der Waals surface area contributed by atoms with Gasteiger partial charge < -0.3 is 10.6 Å². The fraction of sp³-hybridized carbons (Fsp3) is 0. The maximum absolute atomic E-state index is 11.5. The van der Waals surface area contributed by atoms with E-state index in [0.29, 0.717) is 22.4 Å². The Hall–Kier alpha value is -3.36. The molecule has 6 heteroatoms. The van der Waals surface area contributed by atoms with Crippen LogP contribution >= 0.6 is 11.6 Å². The van der Waals surface area contributed by atoms with E-state index in [-0.39, 0.29) is 11.2 Å². The molecule has 3 rings (SSSR count). The third-order valence-corrected chi connectivity index (χ3v) is 3.58. The molecule has 0 aliphatic heterocycles. The van der Waals surface area contributed by atoms with Gasteiger partial charge in [-0.25, -0.2) is 4.98 Å². The van der Waals surface area contributed by atoms with Crippen molar-refractivity contribution in [3.8, 4) is 12.3 Å². The molecule has 0 unspecified atom stereocenters. The number of nitrogens with zero attached hydrogens (tertiary/aromatic N) is 2. The molecule has 0 spiro atoms. The van der Waals surface area contributed by atoms with Crippen molar-refractivity contribution in [1.29, 1.82) is 0 Å². The van der Waals surface area contributed by atoms with Crippen molar-refractivity contribution in [3.63, 3.8) is 0 Å². The molecule has 0 saturated carbocycles. The highest BCUT2D eigenvalue weighted by Gasteiger charge is 2.09. The van der Waals surface area contributed by atoms with Crippen LogP contribution in [0.15, 0.2) is 55.1 Å². The van der Waals surface area contributed by atoms with E-state index < -0.39 is 0 Å². The lowest BCUT2D eigenvalue weighted by molar-refractivity contribution is -0.111. The van der Waals surface area contributed by atoms with Gasteiger partial charge in [0.1, 0.15) is 5.82 Å². The summed E-state index contributed by atoms with van der Waals surface area (Å²) in [5, 5.41) is 6.72. The standard InChI is InChI=1S/C19H13ClN4O/c1-3-12-6-5-7-13(10-12)22-18-15-11-14(21-17(25)4-2)8-9-16(15)23-19(20)24-18/h1,4-11H,2H2,(H,21,25)(H,22,23,24). The van der Waals surface area contributed by atoms with E-state index in [1.54, 1.807) is 18.2 Å². The Kier molecular flexibility index (Phi) is 4.64. The number of amides is 1. The summed E-state index contributed by atoms with van der Waals surface area (Å²) < 4.78 is 0. The molecule has 122 valence electrons. The van der Waals surface area contributed by atoms with Crippen LogP contribution in [0.1, 0.15) is 5.56 Å². The minimum Gasteiger partial charge on any atom is -0.340 e. The summed E-state index contributed by atoms with van der Waals surface area (Å²) in [6, 6.07) is 12.6. The van der Waals surface area contributed by atoms with E-state index >= 15 is 0 Å². The number of hydrogen-bond acceptors (Lipinski definition) is 4. The number of benzene rings is 2. The van der Waals surface area contributed by atoms with Crippen molar-refractivity contribution in [2.75, 3.05) is 10.6 Å². The van der Waals surface area contributed by atoms with Crippen molar-refractivity contribution in [2.45, 2.75) is 0 Å². The van der Waals surface area contributed by atoms with Crippen LogP contribution in [0.4, 0.5) is 17.2 Å². The van der Waals surface area contributed by atoms with Crippen LogP contribution in [0, 0.1) is 12.3 Å². The molecular weight excluding hydrogens is 336 g/mol. The molecule has 0 radical (unpaired) electrons. The summed E-state index contributed by atoms with van der Waals surface area (Å²) in [5.74, 6) is 2.80. The zero-order valence-corrected chi connectivity index (χ0v) is 13.8. The number of terminal acetylenes is 1. The van der Waals surface area contributed by atoms with Gasteiger partial charge in [0.05, 0.1) is 5.52 Å². The number of rotatable bonds is 4. The van der Waals surface area contributed by atoms with Gasteiger partial charge in [-0.1, -0.05) is 18.6 Å². The zero-order chi connectivity index (χ0) is 17.8. The van der Waals surface area contributed by atoms with Crippen molar-refractivity contribution >= 4 is 45.6 Å². The topological polar surface area (TPSA) is 66.9 Å². The predicted molar refractivity (Wildman–Crippen MR) is 101 cm³/mol. The minimum atomic E-state index is -0.300. The van der Waals surface area contributed by atoms with Crippen LogP contribution in [-0.4, -0.2) is 15.9 Å². The Labute approximate surface area is 149 Å². The van der Waals surface area contributed by atoms with Gasteiger partial charge in [-0.2, -0.15) is 4.98 Å². The van der Waals surface area contributed by atoms with Crippen LogP contribution in [0.5, 0.6) is 0 Å². The van der Waals surface area contributed by atoms with Crippen LogP contribution in [0.25, 0.3) is 10.9 Å². The summed E-state index contributed by atoms with van der Waals surface area (Å²) in [7, 11) is 0. The average molecular weight is 349 g/mol. The van der Waals surface area contributed by atoms with Gasteiger partial charge in [0.15, 0.2) is 0 Å². The molecule has 2 N–H and O–H groups in total. The van der Waals surface area contributed by atoms with Crippen molar-refractivity contribution in [1.82, 2.24) is 9.97 Å². The first kappa shape index (κ1) is 16.5. The highest BCUT2D eigenvalue weighted by molar-refractivity contribution is 6.28. The zero-order valence-electron chi connectivity index (χ0n) is 13.1. The highest BCUT2D eigenvalue weighted by atomic mass is 35.5. The Morgan fingerprint density at radius 1 is 1.20 bits per heavy atom. The molecule has 1 amide bonds. The highest BCUT2D eigenvalue weighted by Crippen LogP contribution is 2.28. The van der Waals surface area contributed by atoms with E-state index in [9.17, 15) is 4.79 Å². The number of hydrogen-bond donors (Lipinski definition) is 2. The van der Waals surface area contributed by atoms with Gasteiger partial charge in [-0.15, -0.1) is 6.42 Å². The maximum atomic E-state index is 11.5. The number of carbonyl (C=O) groups is 1. The molecule has 0 bridgehead atoms. The molecule has 1 heterocycles. The number of fused-ring (bicyclic) bond motifs is 1. The molecule has 2 aromatic carbocycles. The van der Waals surface area contributed by atoms with E-state index in [0.717, 1.165) is 11.3 Å². The Bertz CT molecular complexity index is 1020. The first-order chi connectivity index (χ1) is 12.1. The third kappa shape index (κ3) is 3.77. The van der Waals surface area contributed by atoms with Crippen LogP contribution in [-0.2, 0) is 4.79 Å². The fourth-order valence-corrected chi connectivity index (χ4v) is 2.47. The predicted octanol–water partition coefficient (Wildman–Crippen LogP) is 4.13. The molecule has 5 nitrogen and oxygen atoms in total. The lowest BCUT2D eigenvalue weighted by atomic mass is 10.2. The first-order valence-corrected chi connectivity index (χ1v) is 7.71. The number of carbonyl (C=O) groups excluding carboxylic acids is 1. The van der Waals surface area contributed by atoms with E-state index in [4.69, 9.17) is 18.0 Å². The van der Waals surface area contributed by atoms with E-state index in [1.165, 1.54) is 6.08 Å². The lowest BCUT2D eigenvalue weighted by Gasteiger charge is -2.11. The lowest BCUT2D eigenvalue weighted by Crippen LogP contribution is -2.07. The fourth-order valence-electron chi connectivity index (χ4n) is 2.29. The van der Waals surface area contributed by atoms with Crippen molar-refractivity contribution in [3.05, 3.63) is 66.0 Å². The smallest absolute Gasteiger partial charge is 0.247 e. The van der Waals surface area contributed by atoms with Crippen LogP contribution in [0.3, 0.4) is 0 Å². The van der Waals surface area contributed by atoms with Crippen LogP contribution < -0.4 is 10.6 Å². The summed E-state index contributed by atoms with van der Waals surface area (Å²) in [5.41, 5.74) is 2.76. The second kappa shape index (κ2) is 7.04. The average Bonchev–Trinajstić information content (AvgIpc) is 2.62. The molecule has 0 aliphatic carbocycles. The number of nitrogens with one attached hydrogen (secondary N) is 2. The van der Waals surface area contributed by atoms with Crippen LogP contribution in [0.2, 0.25) is 5.28 Å². The third-order valence-electron chi connectivity index (χ3n) is 3.41. The largest absolute Gasteiger partial charge is 0.340 e. The van der Waals surface area contributed by atoms with Gasteiger partial charge >= 0.3 is 0 Å². The minimum absolute atomic E-state index is 0.117. The molecule has 0 aliphatic rings. The molecule has 0 atom stereocenters. The number of aromatic nitrogens is 2. The Morgan fingerprint density at radius 3 is 2.80 bits per heavy atom.